The lowest BCUT2D eigenvalue weighted by atomic mass is 9.85. The molecule has 1 amide bonds. The minimum Gasteiger partial charge on any atom is -0.481 e. The Morgan fingerprint density at radius 3 is 2.70 bits per heavy atom. The molecule has 0 aliphatic heterocycles. The number of aryl methyl sites for hydroxylation is 4. The largest absolute Gasteiger partial charge is 0.481 e. The van der Waals surface area contributed by atoms with E-state index in [0.29, 0.717) is 12.1 Å². The second-order valence-corrected chi connectivity index (χ2v) is 11.8. The molecule has 8 heteroatoms. The molecule has 2 heterocycles. The number of amides is 1. The van der Waals surface area contributed by atoms with Gasteiger partial charge in [-0.25, -0.2) is 0 Å². The number of benzene rings is 1. The molecule has 3 aromatic rings. The highest BCUT2D eigenvalue weighted by atomic mass is 79.9. The second kappa shape index (κ2) is 11.6. The van der Waals surface area contributed by atoms with Gasteiger partial charge >= 0.3 is 5.97 Å². The first-order chi connectivity index (χ1) is 17.6. The zero-order chi connectivity index (χ0) is 26.6. The summed E-state index contributed by atoms with van der Waals surface area (Å²) in [6, 6.07) is 9.53. The highest BCUT2D eigenvalue weighted by Crippen LogP contribution is 2.30. The van der Waals surface area contributed by atoms with Gasteiger partial charge in [0.15, 0.2) is 0 Å². The van der Waals surface area contributed by atoms with Gasteiger partial charge < -0.3 is 10.4 Å². The van der Waals surface area contributed by atoms with Gasteiger partial charge in [-0.2, -0.15) is 5.10 Å². The number of hydrogen-bond acceptors (Lipinski definition) is 4. The van der Waals surface area contributed by atoms with Crippen molar-refractivity contribution in [2.45, 2.75) is 83.7 Å². The van der Waals surface area contributed by atoms with Gasteiger partial charge in [0.05, 0.1) is 24.2 Å². The molecular formula is C29H35BrN4O3. The quantitative estimate of drug-likeness (QED) is 0.341. The van der Waals surface area contributed by atoms with E-state index in [2.05, 4.69) is 59.2 Å². The van der Waals surface area contributed by atoms with Gasteiger partial charge in [0.1, 0.15) is 0 Å². The van der Waals surface area contributed by atoms with Crippen LogP contribution in [0.1, 0.15) is 90.9 Å². The van der Waals surface area contributed by atoms with Gasteiger partial charge in [-0.15, -0.1) is 0 Å². The standard InChI is InChI=1S/C29H35BrN4O3/c1-29(2,3)22-13-20(14-23(30)15-22)26(16-27(35)36)33-28(37)21-17-31-34(18-21)12-6-8-24-11-10-19-7-4-5-9-25(19)32-24/h10-11,13-15,17-18,26H,4-9,12,16H2,1-3H3,(H,33,37)(H,35,36)/t26-/m0/s1. The lowest BCUT2D eigenvalue weighted by Crippen LogP contribution is -2.30. The summed E-state index contributed by atoms with van der Waals surface area (Å²) in [6.45, 7) is 6.96. The zero-order valence-electron chi connectivity index (χ0n) is 21.8. The van der Waals surface area contributed by atoms with E-state index in [1.54, 1.807) is 10.9 Å². The third-order valence-corrected chi connectivity index (χ3v) is 7.28. The number of aromatic nitrogens is 3. The predicted molar refractivity (Wildman–Crippen MR) is 147 cm³/mol. The average molecular weight is 568 g/mol. The summed E-state index contributed by atoms with van der Waals surface area (Å²) < 4.78 is 2.61. The minimum absolute atomic E-state index is 0.119. The van der Waals surface area contributed by atoms with Crippen LogP contribution in [0.2, 0.25) is 0 Å². The summed E-state index contributed by atoms with van der Waals surface area (Å²) in [4.78, 5) is 29.5. The highest BCUT2D eigenvalue weighted by molar-refractivity contribution is 9.10. The van der Waals surface area contributed by atoms with Crippen molar-refractivity contribution in [3.8, 4) is 0 Å². The summed E-state index contributed by atoms with van der Waals surface area (Å²) in [5, 5.41) is 16.8. The van der Waals surface area contributed by atoms with E-state index in [0.717, 1.165) is 47.0 Å². The monoisotopic (exact) mass is 566 g/mol. The van der Waals surface area contributed by atoms with Crippen molar-refractivity contribution in [1.29, 1.82) is 0 Å². The Hall–Kier alpha value is -3.00. The van der Waals surface area contributed by atoms with Gasteiger partial charge in [0.25, 0.3) is 5.91 Å². The van der Waals surface area contributed by atoms with E-state index >= 15 is 0 Å². The first-order valence-corrected chi connectivity index (χ1v) is 13.7. The molecule has 1 aliphatic rings. The number of carbonyl (C=O) groups excluding carboxylic acids is 1. The molecule has 196 valence electrons. The molecule has 2 aromatic heterocycles. The van der Waals surface area contributed by atoms with Crippen LogP contribution in [-0.2, 0) is 36.0 Å². The molecule has 0 spiro atoms. The van der Waals surface area contributed by atoms with Crippen LogP contribution in [-0.4, -0.2) is 31.7 Å². The van der Waals surface area contributed by atoms with Gasteiger partial charge in [-0.3, -0.25) is 19.3 Å². The molecule has 1 aliphatic carbocycles. The topological polar surface area (TPSA) is 97.1 Å². The van der Waals surface area contributed by atoms with Gasteiger partial charge in [0.2, 0.25) is 0 Å². The fourth-order valence-corrected chi connectivity index (χ4v) is 5.22. The first-order valence-electron chi connectivity index (χ1n) is 12.9. The second-order valence-electron chi connectivity index (χ2n) is 10.9. The van der Waals surface area contributed by atoms with E-state index in [-0.39, 0.29) is 17.7 Å². The van der Waals surface area contributed by atoms with Crippen molar-refractivity contribution < 1.29 is 14.7 Å². The van der Waals surface area contributed by atoms with Crippen molar-refractivity contribution in [2.24, 2.45) is 0 Å². The number of hydrogen-bond donors (Lipinski definition) is 2. The number of fused-ring (bicyclic) bond motifs is 1. The van der Waals surface area contributed by atoms with Crippen LogP contribution in [0, 0.1) is 0 Å². The maximum atomic E-state index is 13.0. The van der Waals surface area contributed by atoms with Crippen molar-refractivity contribution in [3.63, 3.8) is 0 Å². The van der Waals surface area contributed by atoms with E-state index < -0.39 is 12.0 Å². The van der Waals surface area contributed by atoms with Crippen molar-refractivity contribution >= 4 is 27.8 Å². The Morgan fingerprint density at radius 1 is 1.16 bits per heavy atom. The molecule has 0 unspecified atom stereocenters. The lowest BCUT2D eigenvalue weighted by Gasteiger charge is -2.23. The molecule has 0 fully saturated rings. The van der Waals surface area contributed by atoms with E-state index in [9.17, 15) is 14.7 Å². The molecule has 0 saturated carbocycles. The zero-order valence-corrected chi connectivity index (χ0v) is 23.3. The maximum absolute atomic E-state index is 13.0. The predicted octanol–water partition coefficient (Wildman–Crippen LogP) is 5.80. The van der Waals surface area contributed by atoms with Crippen LogP contribution >= 0.6 is 15.9 Å². The average Bonchev–Trinajstić information content (AvgIpc) is 3.31. The number of rotatable bonds is 9. The number of carbonyl (C=O) groups is 2. The Balaban J connectivity index is 1.39. The Kier molecular flexibility index (Phi) is 8.47. The molecular weight excluding hydrogens is 532 g/mol. The number of nitrogens with one attached hydrogen (secondary N) is 1. The third kappa shape index (κ3) is 7.28. The third-order valence-electron chi connectivity index (χ3n) is 6.82. The smallest absolute Gasteiger partial charge is 0.305 e. The number of aliphatic carboxylic acids is 1. The summed E-state index contributed by atoms with van der Waals surface area (Å²) in [7, 11) is 0. The summed E-state index contributed by atoms with van der Waals surface area (Å²) in [5.74, 6) is -1.32. The van der Waals surface area contributed by atoms with E-state index in [1.807, 2.05) is 18.2 Å². The van der Waals surface area contributed by atoms with Crippen molar-refractivity contribution in [2.75, 3.05) is 0 Å². The minimum atomic E-state index is -0.978. The molecule has 1 aromatic carbocycles. The molecule has 1 atom stereocenters. The van der Waals surface area contributed by atoms with Gasteiger partial charge in [-0.1, -0.05) is 48.8 Å². The maximum Gasteiger partial charge on any atom is 0.305 e. The lowest BCUT2D eigenvalue weighted by molar-refractivity contribution is -0.137. The van der Waals surface area contributed by atoms with Gasteiger partial charge in [-0.05, 0) is 78.8 Å². The van der Waals surface area contributed by atoms with E-state index in [1.165, 1.54) is 30.3 Å². The molecule has 2 N–H and O–H groups in total. The number of carboxylic acids is 1. The van der Waals surface area contributed by atoms with Crippen LogP contribution in [0.3, 0.4) is 0 Å². The fourth-order valence-electron chi connectivity index (χ4n) is 4.71. The number of nitrogens with zero attached hydrogens (tertiary/aromatic N) is 3. The van der Waals surface area contributed by atoms with Crippen LogP contribution < -0.4 is 5.32 Å². The normalized spacial score (nSPS) is 14.2. The SMILES string of the molecule is CC(C)(C)c1cc(Br)cc([C@H](CC(=O)O)NC(=O)c2cnn(CCCc3ccc4c(n3)CCCC4)c2)c1. The summed E-state index contributed by atoms with van der Waals surface area (Å²) in [6.07, 6.45) is 9.43. The molecule has 4 rings (SSSR count). The number of halogens is 1. The number of carboxylic acid groups (broad SMARTS) is 1. The Labute approximate surface area is 226 Å². The molecule has 0 radical (unpaired) electrons. The Morgan fingerprint density at radius 2 is 1.95 bits per heavy atom. The van der Waals surface area contributed by atoms with Crippen molar-refractivity contribution in [1.82, 2.24) is 20.1 Å². The first kappa shape index (κ1) is 27.0. The van der Waals surface area contributed by atoms with Crippen LogP contribution in [0.25, 0.3) is 0 Å². The van der Waals surface area contributed by atoms with Crippen LogP contribution in [0.15, 0.2) is 47.2 Å². The fraction of sp³-hybridized carbons (Fsp3) is 0.448. The molecule has 7 nitrogen and oxygen atoms in total. The molecule has 37 heavy (non-hydrogen) atoms. The summed E-state index contributed by atoms with van der Waals surface area (Å²) >= 11 is 3.54. The van der Waals surface area contributed by atoms with Crippen LogP contribution in [0.4, 0.5) is 0 Å². The summed E-state index contributed by atoms with van der Waals surface area (Å²) in [5.41, 5.74) is 5.84. The van der Waals surface area contributed by atoms with Gasteiger partial charge in [0, 0.05) is 28.6 Å². The highest BCUT2D eigenvalue weighted by Gasteiger charge is 2.23. The molecule has 0 bridgehead atoms. The van der Waals surface area contributed by atoms with Crippen molar-refractivity contribution in [3.05, 3.63) is 80.8 Å². The van der Waals surface area contributed by atoms with E-state index in [4.69, 9.17) is 4.98 Å². The number of pyridine rings is 1. The van der Waals surface area contributed by atoms with Crippen LogP contribution in [0.5, 0.6) is 0 Å². The molecule has 0 saturated heterocycles. The Bertz CT molecular complexity index is 1280.